The number of carbonyl (C=O) groups is 1. The molecule has 2 aromatic heterocycles. The molecule has 4 nitrogen and oxygen atoms in total. The molecule has 1 fully saturated rings. The van der Waals surface area contributed by atoms with E-state index in [9.17, 15) is 9.18 Å². The van der Waals surface area contributed by atoms with Gasteiger partial charge in [0.15, 0.2) is 5.78 Å². The first-order valence-corrected chi connectivity index (χ1v) is 7.13. The van der Waals surface area contributed by atoms with E-state index in [-0.39, 0.29) is 5.78 Å². The molecule has 2 heterocycles. The van der Waals surface area contributed by atoms with Crippen molar-refractivity contribution in [2.24, 2.45) is 0 Å². The van der Waals surface area contributed by atoms with Gasteiger partial charge in [-0.25, -0.2) is 4.39 Å². The highest BCUT2D eigenvalue weighted by Gasteiger charge is 2.29. The van der Waals surface area contributed by atoms with Crippen LogP contribution in [-0.2, 0) is 6.54 Å². The van der Waals surface area contributed by atoms with E-state index >= 15 is 0 Å². The Morgan fingerprint density at radius 3 is 2.86 bits per heavy atom. The number of pyridine rings is 1. The molecule has 1 aliphatic carbocycles. The van der Waals surface area contributed by atoms with Gasteiger partial charge in [-0.3, -0.25) is 14.7 Å². The number of nitrogens with zero attached hydrogens (tertiary/aromatic N) is 2. The second-order valence-electron chi connectivity index (χ2n) is 5.32. The van der Waals surface area contributed by atoms with Crippen LogP contribution < -0.4 is 0 Å². The van der Waals surface area contributed by atoms with Crippen molar-refractivity contribution in [1.82, 2.24) is 9.88 Å². The summed E-state index contributed by atoms with van der Waals surface area (Å²) in [7, 11) is 0. The lowest BCUT2D eigenvalue weighted by Crippen LogP contribution is -2.28. The average Bonchev–Trinajstić information content (AvgIpc) is 3.21. The lowest BCUT2D eigenvalue weighted by molar-refractivity contribution is 0.0952. The predicted octanol–water partition coefficient (Wildman–Crippen LogP) is 3.05. The normalized spacial score (nSPS) is 14.6. The Bertz CT molecular complexity index is 591. The van der Waals surface area contributed by atoms with Gasteiger partial charge in [0.1, 0.15) is 17.3 Å². The Morgan fingerprint density at radius 2 is 2.24 bits per heavy atom. The second kappa shape index (κ2) is 6.18. The molecule has 0 radical (unpaired) electrons. The number of Topliss-reactive ketones (excluding diaryl/α,β-unsaturated/α-hetero) is 1. The van der Waals surface area contributed by atoms with E-state index in [2.05, 4.69) is 9.88 Å². The van der Waals surface area contributed by atoms with Crippen molar-refractivity contribution in [3.8, 4) is 0 Å². The Balaban J connectivity index is 1.56. The van der Waals surface area contributed by atoms with E-state index in [1.807, 2.05) is 12.1 Å². The van der Waals surface area contributed by atoms with E-state index in [1.165, 1.54) is 25.0 Å². The van der Waals surface area contributed by atoms with Crippen molar-refractivity contribution in [3.05, 3.63) is 54.0 Å². The molecule has 0 N–H and O–H groups in total. The molecule has 0 amide bonds. The summed E-state index contributed by atoms with van der Waals surface area (Å²) in [5, 5.41) is 0. The zero-order valence-electron chi connectivity index (χ0n) is 11.7. The van der Waals surface area contributed by atoms with Crippen LogP contribution in [-0.4, -0.2) is 28.3 Å². The highest BCUT2D eigenvalue weighted by molar-refractivity contribution is 5.94. The molecule has 1 saturated carbocycles. The molecule has 3 rings (SSSR count). The smallest absolute Gasteiger partial charge is 0.182 e. The van der Waals surface area contributed by atoms with Crippen LogP contribution in [0.3, 0.4) is 0 Å². The Labute approximate surface area is 122 Å². The van der Waals surface area contributed by atoms with E-state index in [4.69, 9.17) is 4.42 Å². The van der Waals surface area contributed by atoms with Gasteiger partial charge in [0.25, 0.3) is 0 Å². The maximum absolute atomic E-state index is 12.8. The molecule has 110 valence electrons. The largest absolute Gasteiger partial charge is 0.468 e. The third-order valence-electron chi connectivity index (χ3n) is 3.64. The third-order valence-corrected chi connectivity index (χ3v) is 3.64. The van der Waals surface area contributed by atoms with E-state index in [0.29, 0.717) is 24.7 Å². The van der Waals surface area contributed by atoms with Crippen molar-refractivity contribution in [2.75, 3.05) is 6.54 Å². The zero-order chi connectivity index (χ0) is 14.7. The summed E-state index contributed by atoms with van der Waals surface area (Å²) in [4.78, 5) is 18.2. The van der Waals surface area contributed by atoms with Crippen molar-refractivity contribution in [3.63, 3.8) is 0 Å². The highest BCUT2D eigenvalue weighted by Crippen LogP contribution is 2.28. The Kier molecular flexibility index (Phi) is 4.10. The van der Waals surface area contributed by atoms with E-state index in [0.717, 1.165) is 18.5 Å². The fraction of sp³-hybridized carbons (Fsp3) is 0.375. The number of rotatable bonds is 7. The summed E-state index contributed by atoms with van der Waals surface area (Å²) >= 11 is 0. The number of carbonyl (C=O) groups excluding carboxylic acids is 1. The van der Waals surface area contributed by atoms with Crippen LogP contribution in [0.25, 0.3) is 0 Å². The molecule has 0 aliphatic heterocycles. The maximum Gasteiger partial charge on any atom is 0.182 e. The molecule has 0 atom stereocenters. The molecule has 1 aliphatic rings. The molecular weight excluding hydrogens is 271 g/mol. The lowest BCUT2D eigenvalue weighted by Gasteiger charge is -2.20. The first-order chi connectivity index (χ1) is 10.2. The number of hydrogen-bond donors (Lipinski definition) is 0. The molecule has 0 saturated heterocycles. The first-order valence-electron chi connectivity index (χ1n) is 7.13. The molecular formula is C16H17FN2O2. The number of furan rings is 1. The summed E-state index contributed by atoms with van der Waals surface area (Å²) in [5.41, 5.74) is 0.324. The van der Waals surface area contributed by atoms with E-state index in [1.54, 1.807) is 6.26 Å². The minimum absolute atomic E-state index is 0.0555. The SMILES string of the molecule is O=C(CCN(Cc1ccco1)C1CC1)c1ccc(F)cn1. The van der Waals surface area contributed by atoms with Gasteiger partial charge in [-0.2, -0.15) is 0 Å². The summed E-state index contributed by atoms with van der Waals surface area (Å²) in [5.74, 6) is 0.429. The average molecular weight is 288 g/mol. The van der Waals surface area contributed by atoms with Crippen LogP contribution in [0.4, 0.5) is 4.39 Å². The second-order valence-corrected chi connectivity index (χ2v) is 5.32. The van der Waals surface area contributed by atoms with Gasteiger partial charge in [-0.15, -0.1) is 0 Å². The van der Waals surface area contributed by atoms with Crippen LogP contribution in [0.15, 0.2) is 41.1 Å². The van der Waals surface area contributed by atoms with Gasteiger partial charge in [0.2, 0.25) is 0 Å². The molecule has 0 aromatic carbocycles. The summed E-state index contributed by atoms with van der Waals surface area (Å²) in [6.45, 7) is 1.39. The third kappa shape index (κ3) is 3.76. The van der Waals surface area contributed by atoms with E-state index < -0.39 is 5.82 Å². The zero-order valence-corrected chi connectivity index (χ0v) is 11.7. The highest BCUT2D eigenvalue weighted by atomic mass is 19.1. The van der Waals surface area contributed by atoms with Crippen molar-refractivity contribution >= 4 is 5.78 Å². The first kappa shape index (κ1) is 13.9. The van der Waals surface area contributed by atoms with Gasteiger partial charge < -0.3 is 4.42 Å². The quantitative estimate of drug-likeness (QED) is 0.735. The van der Waals surface area contributed by atoms with Gasteiger partial charge in [0.05, 0.1) is 19.0 Å². The lowest BCUT2D eigenvalue weighted by atomic mass is 10.2. The minimum atomic E-state index is -0.427. The fourth-order valence-corrected chi connectivity index (χ4v) is 2.35. The Hall–Kier alpha value is -2.01. The number of ketones is 1. The van der Waals surface area contributed by atoms with Crippen molar-refractivity contribution in [2.45, 2.75) is 31.8 Å². The summed E-state index contributed by atoms with van der Waals surface area (Å²) in [6.07, 6.45) is 5.46. The molecule has 21 heavy (non-hydrogen) atoms. The van der Waals surface area contributed by atoms with Gasteiger partial charge in [-0.1, -0.05) is 0 Å². The van der Waals surface area contributed by atoms with Crippen LogP contribution in [0.2, 0.25) is 0 Å². The van der Waals surface area contributed by atoms with Crippen molar-refractivity contribution in [1.29, 1.82) is 0 Å². The van der Waals surface area contributed by atoms with Crippen LogP contribution in [0.5, 0.6) is 0 Å². The predicted molar refractivity (Wildman–Crippen MR) is 75.3 cm³/mol. The van der Waals surface area contributed by atoms with Crippen LogP contribution >= 0.6 is 0 Å². The summed E-state index contributed by atoms with van der Waals surface area (Å²) in [6, 6.07) is 7.06. The summed E-state index contributed by atoms with van der Waals surface area (Å²) < 4.78 is 18.2. The molecule has 2 aromatic rings. The topological polar surface area (TPSA) is 46.3 Å². The minimum Gasteiger partial charge on any atom is -0.468 e. The standard InChI is InChI=1S/C16H17FN2O2/c17-12-3-6-15(18-10-12)16(20)7-8-19(13-4-5-13)11-14-2-1-9-21-14/h1-3,6,9-10,13H,4-5,7-8,11H2. The molecule has 0 bridgehead atoms. The van der Waals surface area contributed by atoms with Crippen molar-refractivity contribution < 1.29 is 13.6 Å². The van der Waals surface area contributed by atoms with Gasteiger partial charge >= 0.3 is 0 Å². The number of aromatic nitrogens is 1. The van der Waals surface area contributed by atoms with Gasteiger partial charge in [-0.05, 0) is 37.1 Å². The monoisotopic (exact) mass is 288 g/mol. The Morgan fingerprint density at radius 1 is 1.38 bits per heavy atom. The van der Waals surface area contributed by atoms with Crippen LogP contribution in [0, 0.1) is 5.82 Å². The maximum atomic E-state index is 12.8. The number of halogens is 1. The number of hydrogen-bond acceptors (Lipinski definition) is 4. The van der Waals surface area contributed by atoms with Crippen LogP contribution in [0.1, 0.15) is 35.5 Å². The van der Waals surface area contributed by atoms with Gasteiger partial charge in [0, 0.05) is 19.0 Å². The fourth-order valence-electron chi connectivity index (χ4n) is 2.35. The molecule has 0 spiro atoms. The molecule has 0 unspecified atom stereocenters. The molecule has 5 heteroatoms.